The van der Waals surface area contributed by atoms with Crippen molar-refractivity contribution in [2.24, 2.45) is 0 Å². The van der Waals surface area contributed by atoms with Crippen LogP contribution in [0.1, 0.15) is 40.4 Å². The van der Waals surface area contributed by atoms with E-state index < -0.39 is 0 Å². The number of anilines is 1. The molecule has 3 heterocycles. The summed E-state index contributed by atoms with van der Waals surface area (Å²) < 4.78 is 0. The molecule has 2 aromatic heterocycles. The molecule has 2 N–H and O–H groups in total. The molecule has 0 fully saturated rings. The smallest absolute Gasteiger partial charge is 0.149 e. The number of aryl methyl sites for hydroxylation is 2. The standard InChI is InChI=1S/C19H22N4S/c1-11-13(3)24-19-16(11)17(20)21-18(22-19)12(2)23-9-8-14-6-4-5-7-15(14)10-23/h4-7,12H,8-10H2,1-3H3,(H2,20,21,22). The van der Waals surface area contributed by atoms with Crippen molar-refractivity contribution >= 4 is 27.4 Å². The largest absolute Gasteiger partial charge is 0.383 e. The van der Waals surface area contributed by atoms with E-state index in [1.807, 2.05) is 0 Å². The Morgan fingerprint density at radius 3 is 2.71 bits per heavy atom. The number of rotatable bonds is 2. The van der Waals surface area contributed by atoms with Crippen molar-refractivity contribution < 1.29 is 0 Å². The van der Waals surface area contributed by atoms with Crippen molar-refractivity contribution in [1.29, 1.82) is 0 Å². The summed E-state index contributed by atoms with van der Waals surface area (Å²) in [6.07, 6.45) is 1.08. The molecule has 4 nitrogen and oxygen atoms in total. The molecule has 0 radical (unpaired) electrons. The second-order valence-corrected chi connectivity index (χ2v) is 7.80. The normalized spacial score (nSPS) is 16.3. The van der Waals surface area contributed by atoms with Crippen molar-refractivity contribution in [2.75, 3.05) is 12.3 Å². The number of nitrogens with zero attached hydrogens (tertiary/aromatic N) is 3. The van der Waals surface area contributed by atoms with Gasteiger partial charge >= 0.3 is 0 Å². The van der Waals surface area contributed by atoms with Gasteiger partial charge in [-0.05, 0) is 43.9 Å². The number of aromatic nitrogens is 2. The molecule has 3 aromatic rings. The molecular weight excluding hydrogens is 316 g/mol. The molecule has 0 bridgehead atoms. The average molecular weight is 338 g/mol. The maximum absolute atomic E-state index is 6.25. The third kappa shape index (κ3) is 2.48. The molecule has 0 saturated carbocycles. The highest BCUT2D eigenvalue weighted by atomic mass is 32.1. The van der Waals surface area contributed by atoms with Gasteiger partial charge in [-0.3, -0.25) is 4.90 Å². The maximum atomic E-state index is 6.25. The lowest BCUT2D eigenvalue weighted by Gasteiger charge is -2.32. The molecule has 5 heteroatoms. The Balaban J connectivity index is 1.68. The van der Waals surface area contributed by atoms with Crippen LogP contribution in [0.2, 0.25) is 0 Å². The van der Waals surface area contributed by atoms with Crippen LogP contribution in [0.25, 0.3) is 10.2 Å². The van der Waals surface area contributed by atoms with Crippen molar-refractivity contribution in [3.63, 3.8) is 0 Å². The quantitative estimate of drug-likeness (QED) is 0.767. The molecule has 4 rings (SSSR count). The second-order valence-electron chi connectivity index (χ2n) is 6.60. The van der Waals surface area contributed by atoms with Crippen molar-refractivity contribution in [3.8, 4) is 0 Å². The molecule has 1 aromatic carbocycles. The Morgan fingerprint density at radius 1 is 1.17 bits per heavy atom. The first-order chi connectivity index (χ1) is 11.5. The van der Waals surface area contributed by atoms with Gasteiger partial charge < -0.3 is 5.73 Å². The highest BCUT2D eigenvalue weighted by molar-refractivity contribution is 7.18. The first kappa shape index (κ1) is 15.5. The molecule has 1 aliphatic heterocycles. The third-order valence-corrected chi connectivity index (χ3v) is 6.26. The van der Waals surface area contributed by atoms with E-state index in [2.05, 4.69) is 54.9 Å². The van der Waals surface area contributed by atoms with Crippen LogP contribution in [0.5, 0.6) is 0 Å². The zero-order chi connectivity index (χ0) is 16.8. The van der Waals surface area contributed by atoms with Gasteiger partial charge in [0.1, 0.15) is 16.5 Å². The molecule has 1 atom stereocenters. The highest BCUT2D eigenvalue weighted by Gasteiger charge is 2.24. The predicted octanol–water partition coefficient (Wildman–Crippen LogP) is 4.01. The fourth-order valence-corrected chi connectivity index (χ4v) is 4.54. The Kier molecular flexibility index (Phi) is 3.77. The number of nitrogen functional groups attached to an aromatic ring is 1. The van der Waals surface area contributed by atoms with Crippen molar-refractivity contribution in [2.45, 2.75) is 39.8 Å². The van der Waals surface area contributed by atoms with Crippen LogP contribution in [0.3, 0.4) is 0 Å². The highest BCUT2D eigenvalue weighted by Crippen LogP contribution is 2.34. The molecular formula is C19H22N4S. The minimum Gasteiger partial charge on any atom is -0.383 e. The number of fused-ring (bicyclic) bond motifs is 2. The van der Waals surface area contributed by atoms with Gasteiger partial charge in [0.25, 0.3) is 0 Å². The summed E-state index contributed by atoms with van der Waals surface area (Å²) in [5.74, 6) is 1.45. The van der Waals surface area contributed by atoms with Gasteiger partial charge in [0.2, 0.25) is 0 Å². The lowest BCUT2D eigenvalue weighted by atomic mass is 9.99. The molecule has 0 aliphatic carbocycles. The van der Waals surface area contributed by atoms with Gasteiger partial charge in [0.15, 0.2) is 0 Å². The minimum atomic E-state index is 0.160. The Morgan fingerprint density at radius 2 is 1.92 bits per heavy atom. The van der Waals surface area contributed by atoms with Crippen LogP contribution in [0, 0.1) is 13.8 Å². The van der Waals surface area contributed by atoms with Gasteiger partial charge in [-0.1, -0.05) is 24.3 Å². The topological polar surface area (TPSA) is 55.0 Å². The average Bonchev–Trinajstić information content (AvgIpc) is 2.88. The molecule has 0 amide bonds. The van der Waals surface area contributed by atoms with Gasteiger partial charge in [0, 0.05) is 18.0 Å². The van der Waals surface area contributed by atoms with Crippen molar-refractivity contribution in [1.82, 2.24) is 14.9 Å². The first-order valence-electron chi connectivity index (χ1n) is 8.38. The molecule has 1 aliphatic rings. The van der Waals surface area contributed by atoms with Crippen LogP contribution >= 0.6 is 11.3 Å². The van der Waals surface area contributed by atoms with Crippen LogP contribution in [0.15, 0.2) is 24.3 Å². The molecule has 1 unspecified atom stereocenters. The summed E-state index contributed by atoms with van der Waals surface area (Å²) >= 11 is 1.71. The summed E-state index contributed by atoms with van der Waals surface area (Å²) in [5.41, 5.74) is 10.3. The summed E-state index contributed by atoms with van der Waals surface area (Å²) in [6.45, 7) is 8.37. The van der Waals surface area contributed by atoms with Gasteiger partial charge in [0.05, 0.1) is 11.4 Å². The van der Waals surface area contributed by atoms with E-state index in [-0.39, 0.29) is 6.04 Å². The van der Waals surface area contributed by atoms with Gasteiger partial charge in [-0.2, -0.15) is 0 Å². The van der Waals surface area contributed by atoms with E-state index in [0.29, 0.717) is 5.82 Å². The predicted molar refractivity (Wildman–Crippen MR) is 100 cm³/mol. The van der Waals surface area contributed by atoms with E-state index in [4.69, 9.17) is 10.7 Å². The van der Waals surface area contributed by atoms with E-state index in [0.717, 1.165) is 35.6 Å². The lowest BCUT2D eigenvalue weighted by molar-refractivity contribution is 0.185. The number of benzene rings is 1. The number of hydrogen-bond acceptors (Lipinski definition) is 5. The molecule has 0 spiro atoms. The van der Waals surface area contributed by atoms with Crippen LogP contribution < -0.4 is 5.73 Å². The zero-order valence-corrected chi connectivity index (χ0v) is 15.2. The number of nitrogens with two attached hydrogens (primary N) is 1. The Hall–Kier alpha value is -1.98. The summed E-state index contributed by atoms with van der Waals surface area (Å²) in [7, 11) is 0. The van der Waals surface area contributed by atoms with Gasteiger partial charge in [-0.15, -0.1) is 11.3 Å². The van der Waals surface area contributed by atoms with Crippen LogP contribution in [-0.2, 0) is 13.0 Å². The summed E-state index contributed by atoms with van der Waals surface area (Å²) in [5, 5.41) is 1.03. The summed E-state index contributed by atoms with van der Waals surface area (Å²) in [4.78, 5) is 14.2. The minimum absolute atomic E-state index is 0.160. The number of thiophene rings is 1. The van der Waals surface area contributed by atoms with Gasteiger partial charge in [-0.25, -0.2) is 9.97 Å². The molecule has 124 valence electrons. The zero-order valence-electron chi connectivity index (χ0n) is 14.3. The fraction of sp³-hybridized carbons (Fsp3) is 0.368. The second kappa shape index (κ2) is 5.83. The van der Waals surface area contributed by atoms with E-state index >= 15 is 0 Å². The van der Waals surface area contributed by atoms with Crippen LogP contribution in [0.4, 0.5) is 5.82 Å². The first-order valence-corrected chi connectivity index (χ1v) is 9.20. The summed E-state index contributed by atoms with van der Waals surface area (Å²) in [6, 6.07) is 8.85. The monoisotopic (exact) mass is 338 g/mol. The maximum Gasteiger partial charge on any atom is 0.149 e. The van der Waals surface area contributed by atoms with E-state index in [9.17, 15) is 0 Å². The molecule has 0 saturated heterocycles. The Bertz CT molecular complexity index is 915. The number of hydrogen-bond donors (Lipinski definition) is 1. The van der Waals surface area contributed by atoms with E-state index in [1.54, 1.807) is 11.3 Å². The SMILES string of the molecule is Cc1sc2nc(C(C)N3CCc4ccccc4C3)nc(N)c2c1C. The van der Waals surface area contributed by atoms with Crippen molar-refractivity contribution in [3.05, 3.63) is 51.7 Å². The van der Waals surface area contributed by atoms with E-state index in [1.165, 1.54) is 21.6 Å². The third-order valence-electron chi connectivity index (χ3n) is 5.16. The lowest BCUT2D eigenvalue weighted by Crippen LogP contribution is -2.33. The molecule has 24 heavy (non-hydrogen) atoms. The Labute approximate surface area is 146 Å². The van der Waals surface area contributed by atoms with Crippen LogP contribution in [-0.4, -0.2) is 21.4 Å². The fourth-order valence-electron chi connectivity index (χ4n) is 3.50.